The summed E-state index contributed by atoms with van der Waals surface area (Å²) >= 11 is 0. The second kappa shape index (κ2) is 3.55. The van der Waals surface area contributed by atoms with Crippen molar-refractivity contribution in [3.05, 3.63) is 23.1 Å². The summed E-state index contributed by atoms with van der Waals surface area (Å²) in [6, 6.07) is 0.254. The lowest BCUT2D eigenvalue weighted by atomic mass is 10.4. The van der Waals surface area contributed by atoms with Crippen LogP contribution in [-0.2, 0) is 0 Å². The Morgan fingerprint density at radius 3 is 2.87 bits per heavy atom. The van der Waals surface area contributed by atoms with E-state index in [0.717, 1.165) is 0 Å². The standard InChI is InChI=1S/C8H9N7/c1-5(2)15-4-12-6-7(13-14-9)10-3-11-8(6)15/h3-5H,1-2H3. The zero-order valence-electron chi connectivity index (χ0n) is 8.36. The van der Waals surface area contributed by atoms with Gasteiger partial charge in [0.15, 0.2) is 11.5 Å². The van der Waals surface area contributed by atoms with Crippen molar-refractivity contribution in [1.82, 2.24) is 19.5 Å². The molecule has 0 saturated heterocycles. The molecule has 0 spiro atoms. The number of imidazole rings is 1. The molecule has 2 aromatic rings. The van der Waals surface area contributed by atoms with Crippen LogP contribution in [0, 0.1) is 0 Å². The fourth-order valence-electron chi connectivity index (χ4n) is 1.33. The lowest BCUT2D eigenvalue weighted by Gasteiger charge is -2.06. The Balaban J connectivity index is 2.73. The van der Waals surface area contributed by atoms with Crippen LogP contribution in [0.25, 0.3) is 21.6 Å². The minimum atomic E-state index is 0.254. The third-order valence-corrected chi connectivity index (χ3v) is 2.04. The van der Waals surface area contributed by atoms with Crippen molar-refractivity contribution < 1.29 is 0 Å². The molecule has 0 fully saturated rings. The second-order valence-electron chi connectivity index (χ2n) is 3.30. The van der Waals surface area contributed by atoms with Crippen molar-refractivity contribution in [3.63, 3.8) is 0 Å². The third kappa shape index (κ3) is 1.49. The summed E-state index contributed by atoms with van der Waals surface area (Å²) in [7, 11) is 0. The van der Waals surface area contributed by atoms with Crippen LogP contribution in [0.2, 0.25) is 0 Å². The van der Waals surface area contributed by atoms with Crippen LogP contribution in [0.5, 0.6) is 0 Å². The predicted octanol–water partition coefficient (Wildman–Crippen LogP) is 2.35. The number of hydrogen-bond acceptors (Lipinski definition) is 4. The Hall–Kier alpha value is -2.14. The number of hydrogen-bond donors (Lipinski definition) is 0. The van der Waals surface area contributed by atoms with Crippen LogP contribution in [0.3, 0.4) is 0 Å². The van der Waals surface area contributed by atoms with Crippen molar-refractivity contribution >= 4 is 17.0 Å². The van der Waals surface area contributed by atoms with E-state index in [9.17, 15) is 0 Å². The van der Waals surface area contributed by atoms with Crippen molar-refractivity contribution in [1.29, 1.82) is 0 Å². The summed E-state index contributed by atoms with van der Waals surface area (Å²) in [6.45, 7) is 4.05. The molecule has 0 aliphatic heterocycles. The van der Waals surface area contributed by atoms with E-state index in [1.807, 2.05) is 18.4 Å². The number of nitrogens with zero attached hydrogens (tertiary/aromatic N) is 7. The molecule has 0 aliphatic rings. The van der Waals surface area contributed by atoms with Crippen molar-refractivity contribution in [2.75, 3.05) is 0 Å². The summed E-state index contributed by atoms with van der Waals surface area (Å²) in [4.78, 5) is 14.8. The molecule has 0 aromatic carbocycles. The molecule has 0 saturated carbocycles. The summed E-state index contributed by atoms with van der Waals surface area (Å²) < 4.78 is 1.90. The van der Waals surface area contributed by atoms with Gasteiger partial charge in [-0.1, -0.05) is 0 Å². The van der Waals surface area contributed by atoms with E-state index < -0.39 is 0 Å². The van der Waals surface area contributed by atoms with Crippen LogP contribution >= 0.6 is 0 Å². The van der Waals surface area contributed by atoms with Crippen molar-refractivity contribution in [2.24, 2.45) is 5.11 Å². The summed E-state index contributed by atoms with van der Waals surface area (Å²) in [6.07, 6.45) is 3.04. The quantitative estimate of drug-likeness (QED) is 0.426. The molecule has 7 nitrogen and oxygen atoms in total. The lowest BCUT2D eigenvalue weighted by molar-refractivity contribution is 0.612. The molecule has 2 heterocycles. The summed E-state index contributed by atoms with van der Waals surface area (Å²) in [5.74, 6) is 0.266. The zero-order chi connectivity index (χ0) is 10.8. The SMILES string of the molecule is CC(C)n1cnc2c(N=[N+]=[N-])ncnc21. The number of aromatic nitrogens is 4. The van der Waals surface area contributed by atoms with Gasteiger partial charge in [-0.2, -0.15) is 0 Å². The van der Waals surface area contributed by atoms with Gasteiger partial charge in [-0.15, -0.1) is 0 Å². The van der Waals surface area contributed by atoms with E-state index >= 15 is 0 Å². The molecule has 2 rings (SSSR count). The average molecular weight is 203 g/mol. The third-order valence-electron chi connectivity index (χ3n) is 2.04. The predicted molar refractivity (Wildman–Crippen MR) is 54.5 cm³/mol. The monoisotopic (exact) mass is 203 g/mol. The number of rotatable bonds is 2. The van der Waals surface area contributed by atoms with Gasteiger partial charge >= 0.3 is 0 Å². The summed E-state index contributed by atoms with van der Waals surface area (Å²) in [5.41, 5.74) is 9.57. The highest BCUT2D eigenvalue weighted by Crippen LogP contribution is 2.22. The van der Waals surface area contributed by atoms with Gasteiger partial charge in [0.1, 0.15) is 11.8 Å². The lowest BCUT2D eigenvalue weighted by Crippen LogP contribution is -1.99. The molecule has 2 aromatic heterocycles. The van der Waals surface area contributed by atoms with Gasteiger partial charge in [0, 0.05) is 11.0 Å². The first-order valence-electron chi connectivity index (χ1n) is 4.46. The van der Waals surface area contributed by atoms with Gasteiger partial charge < -0.3 is 4.57 Å². The van der Waals surface area contributed by atoms with E-state index in [0.29, 0.717) is 11.2 Å². The Labute approximate surface area is 85.4 Å². The summed E-state index contributed by atoms with van der Waals surface area (Å²) in [5, 5.41) is 3.46. The highest BCUT2D eigenvalue weighted by Gasteiger charge is 2.10. The Morgan fingerprint density at radius 2 is 2.20 bits per heavy atom. The topological polar surface area (TPSA) is 92.4 Å². The highest BCUT2D eigenvalue weighted by molar-refractivity contribution is 5.80. The van der Waals surface area contributed by atoms with Gasteiger partial charge in [-0.3, -0.25) is 0 Å². The molecule has 0 aliphatic carbocycles. The van der Waals surface area contributed by atoms with Gasteiger partial charge in [0.25, 0.3) is 0 Å². The van der Waals surface area contributed by atoms with Gasteiger partial charge in [-0.05, 0) is 24.5 Å². The van der Waals surface area contributed by atoms with E-state index in [-0.39, 0.29) is 11.9 Å². The van der Waals surface area contributed by atoms with Gasteiger partial charge in [0.2, 0.25) is 0 Å². The van der Waals surface area contributed by atoms with E-state index in [4.69, 9.17) is 5.53 Å². The molecule has 76 valence electrons. The Bertz CT molecular complexity index is 535. The van der Waals surface area contributed by atoms with Crippen LogP contribution in [0.1, 0.15) is 19.9 Å². The maximum Gasteiger partial charge on any atom is 0.163 e. The molecule has 0 unspecified atom stereocenters. The number of fused-ring (bicyclic) bond motifs is 1. The normalized spacial score (nSPS) is 10.6. The molecular formula is C8H9N7. The molecule has 0 atom stereocenters. The smallest absolute Gasteiger partial charge is 0.163 e. The zero-order valence-corrected chi connectivity index (χ0v) is 8.36. The van der Waals surface area contributed by atoms with Gasteiger partial charge in [-0.25, -0.2) is 15.0 Å². The Kier molecular flexibility index (Phi) is 2.23. The molecule has 7 heteroatoms. The van der Waals surface area contributed by atoms with Crippen LogP contribution in [0.15, 0.2) is 17.8 Å². The Morgan fingerprint density at radius 1 is 1.40 bits per heavy atom. The van der Waals surface area contributed by atoms with Crippen LogP contribution < -0.4 is 0 Å². The first-order chi connectivity index (χ1) is 7.24. The molecule has 0 radical (unpaired) electrons. The van der Waals surface area contributed by atoms with E-state index in [2.05, 4.69) is 25.0 Å². The second-order valence-corrected chi connectivity index (χ2v) is 3.30. The van der Waals surface area contributed by atoms with Crippen LogP contribution in [-0.4, -0.2) is 19.5 Å². The number of azide groups is 1. The van der Waals surface area contributed by atoms with Gasteiger partial charge in [0.05, 0.1) is 6.33 Å². The maximum atomic E-state index is 8.36. The van der Waals surface area contributed by atoms with Crippen molar-refractivity contribution in [3.8, 4) is 0 Å². The minimum Gasteiger partial charge on any atom is -0.313 e. The highest BCUT2D eigenvalue weighted by atomic mass is 15.2. The maximum absolute atomic E-state index is 8.36. The molecular weight excluding hydrogens is 194 g/mol. The first-order valence-corrected chi connectivity index (χ1v) is 4.46. The molecule has 0 bridgehead atoms. The first kappa shape index (κ1) is 9.42. The minimum absolute atomic E-state index is 0.254. The van der Waals surface area contributed by atoms with Crippen molar-refractivity contribution in [2.45, 2.75) is 19.9 Å². The molecule has 15 heavy (non-hydrogen) atoms. The van der Waals surface area contributed by atoms with E-state index in [1.54, 1.807) is 6.33 Å². The fraction of sp³-hybridized carbons (Fsp3) is 0.375. The van der Waals surface area contributed by atoms with E-state index in [1.165, 1.54) is 6.33 Å². The molecule has 0 amide bonds. The van der Waals surface area contributed by atoms with Crippen LogP contribution in [0.4, 0.5) is 5.82 Å². The average Bonchev–Trinajstić information content (AvgIpc) is 2.62. The molecule has 0 N–H and O–H groups in total. The largest absolute Gasteiger partial charge is 0.313 e. The fourth-order valence-corrected chi connectivity index (χ4v) is 1.33.